The van der Waals surface area contributed by atoms with Gasteiger partial charge in [0.2, 0.25) is 0 Å². The average molecular weight is 518 g/mol. The van der Waals surface area contributed by atoms with Crippen LogP contribution in [0.2, 0.25) is 10.0 Å². The van der Waals surface area contributed by atoms with Gasteiger partial charge in [0.1, 0.15) is 0 Å². The van der Waals surface area contributed by atoms with Crippen LogP contribution in [0.25, 0.3) is 0 Å². The number of halogens is 5. The van der Waals surface area contributed by atoms with Crippen LogP contribution in [-0.4, -0.2) is 17.8 Å². The Labute approximate surface area is 208 Å². The molecule has 1 unspecified atom stereocenters. The predicted molar refractivity (Wildman–Crippen MR) is 127 cm³/mol. The fourth-order valence-corrected chi connectivity index (χ4v) is 4.23. The van der Waals surface area contributed by atoms with Crippen molar-refractivity contribution >= 4 is 40.5 Å². The van der Waals surface area contributed by atoms with Crippen molar-refractivity contribution in [3.8, 4) is 6.07 Å². The fourth-order valence-electron chi connectivity index (χ4n) is 3.71. The molecule has 1 atom stereocenters. The largest absolute Gasteiger partial charge is 0.435 e. The first kappa shape index (κ1) is 24.6. The van der Waals surface area contributed by atoms with Crippen molar-refractivity contribution in [3.63, 3.8) is 0 Å². The summed E-state index contributed by atoms with van der Waals surface area (Å²) in [4.78, 5) is 17.7. The quantitative estimate of drug-likeness (QED) is 0.404. The predicted octanol–water partition coefficient (Wildman–Crippen LogP) is 7.01. The van der Waals surface area contributed by atoms with Crippen LogP contribution in [0.3, 0.4) is 0 Å². The van der Waals surface area contributed by atoms with Crippen molar-refractivity contribution in [3.05, 3.63) is 98.5 Å². The standard InChI is InChI=1S/C25H16Cl2F3N3O2/c1-14-5-6-16(8-21(14)32-23(34)17-4-2-3-15(7-17)13-31)22-12-24(35-33-22,25(28,29)30)18-9-19(26)11-20(27)10-18/h2-11H,12H2,1H3,(H,32,34). The summed E-state index contributed by atoms with van der Waals surface area (Å²) >= 11 is 11.9. The maximum Gasteiger partial charge on any atom is 0.435 e. The Bertz CT molecular complexity index is 1380. The molecule has 1 aliphatic rings. The Morgan fingerprint density at radius 1 is 1.11 bits per heavy atom. The highest BCUT2D eigenvalue weighted by molar-refractivity contribution is 6.34. The average Bonchev–Trinajstić information content (AvgIpc) is 3.27. The molecule has 178 valence electrons. The molecule has 3 aromatic carbocycles. The van der Waals surface area contributed by atoms with Gasteiger partial charge in [-0.2, -0.15) is 18.4 Å². The van der Waals surface area contributed by atoms with Crippen LogP contribution in [-0.2, 0) is 10.4 Å². The molecule has 0 aromatic heterocycles. The van der Waals surface area contributed by atoms with Crippen molar-refractivity contribution in [1.82, 2.24) is 0 Å². The van der Waals surface area contributed by atoms with Crippen molar-refractivity contribution in [2.45, 2.75) is 25.1 Å². The Morgan fingerprint density at radius 2 is 1.83 bits per heavy atom. The molecule has 10 heteroatoms. The molecule has 4 rings (SSSR count). The maximum absolute atomic E-state index is 14.3. The van der Waals surface area contributed by atoms with E-state index in [4.69, 9.17) is 33.3 Å². The van der Waals surface area contributed by atoms with E-state index >= 15 is 0 Å². The van der Waals surface area contributed by atoms with Crippen molar-refractivity contribution in [2.24, 2.45) is 5.16 Å². The number of oxime groups is 1. The van der Waals surface area contributed by atoms with Crippen LogP contribution in [0.1, 0.15) is 39.0 Å². The van der Waals surface area contributed by atoms with Gasteiger partial charge in [0, 0.05) is 38.8 Å². The van der Waals surface area contributed by atoms with Gasteiger partial charge in [-0.25, -0.2) is 0 Å². The number of rotatable bonds is 4. The second-order valence-corrected chi connectivity index (χ2v) is 8.84. The van der Waals surface area contributed by atoms with E-state index in [0.29, 0.717) is 22.4 Å². The highest BCUT2D eigenvalue weighted by Gasteiger charge is 2.62. The van der Waals surface area contributed by atoms with E-state index in [-0.39, 0.29) is 26.9 Å². The molecule has 0 radical (unpaired) electrons. The molecule has 5 nitrogen and oxygen atoms in total. The number of hydrogen-bond acceptors (Lipinski definition) is 4. The van der Waals surface area contributed by atoms with E-state index in [1.165, 1.54) is 18.2 Å². The molecule has 1 heterocycles. The topological polar surface area (TPSA) is 74.5 Å². The molecule has 0 saturated carbocycles. The van der Waals surface area contributed by atoms with Gasteiger partial charge < -0.3 is 10.2 Å². The molecule has 1 N–H and O–H groups in total. The second-order valence-electron chi connectivity index (χ2n) is 7.97. The van der Waals surface area contributed by atoms with Crippen LogP contribution in [0.15, 0.2) is 65.8 Å². The summed E-state index contributed by atoms with van der Waals surface area (Å²) in [5.74, 6) is -0.467. The first-order chi connectivity index (χ1) is 16.5. The lowest BCUT2D eigenvalue weighted by Gasteiger charge is -2.29. The van der Waals surface area contributed by atoms with Gasteiger partial charge in [-0.05, 0) is 55.0 Å². The second kappa shape index (κ2) is 9.25. The van der Waals surface area contributed by atoms with E-state index in [1.807, 2.05) is 6.07 Å². The number of hydrogen-bond donors (Lipinski definition) is 1. The van der Waals surface area contributed by atoms with Gasteiger partial charge in [0.15, 0.2) is 0 Å². The highest BCUT2D eigenvalue weighted by atomic mass is 35.5. The van der Waals surface area contributed by atoms with Gasteiger partial charge in [0.05, 0.1) is 17.3 Å². The molecule has 3 aromatic rings. The first-order valence-corrected chi connectivity index (χ1v) is 11.0. The minimum absolute atomic E-state index is 0.0361. The van der Waals surface area contributed by atoms with E-state index in [0.717, 1.165) is 12.1 Å². The minimum Gasteiger partial charge on any atom is -0.374 e. The van der Waals surface area contributed by atoms with E-state index in [2.05, 4.69) is 10.5 Å². The summed E-state index contributed by atoms with van der Waals surface area (Å²) in [5, 5.41) is 15.6. The van der Waals surface area contributed by atoms with Gasteiger partial charge in [-0.3, -0.25) is 4.79 Å². The Morgan fingerprint density at radius 3 is 2.49 bits per heavy atom. The molecular weight excluding hydrogens is 502 g/mol. The van der Waals surface area contributed by atoms with Crippen molar-refractivity contribution in [2.75, 3.05) is 5.32 Å². The summed E-state index contributed by atoms with van der Waals surface area (Å²) in [6.45, 7) is 1.74. The third kappa shape index (κ3) is 4.83. The summed E-state index contributed by atoms with van der Waals surface area (Å²) < 4.78 is 42.8. The molecule has 0 spiro atoms. The number of benzene rings is 3. The normalized spacial score (nSPS) is 17.3. The van der Waals surface area contributed by atoms with Gasteiger partial charge >= 0.3 is 6.18 Å². The zero-order valence-corrected chi connectivity index (χ0v) is 19.6. The monoisotopic (exact) mass is 517 g/mol. The number of nitriles is 1. The van der Waals surface area contributed by atoms with Crippen LogP contribution in [0.4, 0.5) is 18.9 Å². The number of nitrogens with one attached hydrogen (secondary N) is 1. The Kier molecular flexibility index (Phi) is 6.50. The zero-order chi connectivity index (χ0) is 25.4. The number of carbonyl (C=O) groups is 1. The molecule has 0 aliphatic carbocycles. The number of aryl methyl sites for hydroxylation is 1. The Hall–Kier alpha value is -3.54. The van der Waals surface area contributed by atoms with E-state index in [9.17, 15) is 18.0 Å². The van der Waals surface area contributed by atoms with Crippen LogP contribution < -0.4 is 5.32 Å². The van der Waals surface area contributed by atoms with Crippen LogP contribution in [0, 0.1) is 18.3 Å². The molecule has 0 bridgehead atoms. The number of carbonyl (C=O) groups excluding carboxylic acids is 1. The highest BCUT2D eigenvalue weighted by Crippen LogP contribution is 2.49. The number of anilines is 1. The summed E-state index contributed by atoms with van der Waals surface area (Å²) in [6, 6.07) is 16.5. The van der Waals surface area contributed by atoms with Crippen molar-refractivity contribution < 1.29 is 22.8 Å². The smallest absolute Gasteiger partial charge is 0.374 e. The number of amides is 1. The maximum atomic E-state index is 14.3. The summed E-state index contributed by atoms with van der Waals surface area (Å²) in [5.41, 5.74) is -0.983. The minimum atomic E-state index is -4.82. The van der Waals surface area contributed by atoms with Crippen LogP contribution >= 0.6 is 23.2 Å². The van der Waals surface area contributed by atoms with E-state index in [1.54, 1.807) is 37.3 Å². The molecule has 0 saturated heterocycles. The lowest BCUT2D eigenvalue weighted by Crippen LogP contribution is -2.42. The summed E-state index contributed by atoms with van der Waals surface area (Å²) in [7, 11) is 0. The zero-order valence-electron chi connectivity index (χ0n) is 18.1. The summed E-state index contributed by atoms with van der Waals surface area (Å²) in [6.07, 6.45) is -5.44. The fraction of sp³-hybridized carbons (Fsp3) is 0.160. The lowest BCUT2D eigenvalue weighted by molar-refractivity contribution is -0.275. The van der Waals surface area contributed by atoms with E-state index < -0.39 is 24.1 Å². The lowest BCUT2D eigenvalue weighted by atomic mass is 9.86. The molecule has 0 fully saturated rings. The molecule has 1 aliphatic heterocycles. The van der Waals surface area contributed by atoms with Gasteiger partial charge in [0.25, 0.3) is 11.5 Å². The molecule has 1 amide bonds. The van der Waals surface area contributed by atoms with Gasteiger partial charge in [-0.1, -0.05) is 46.6 Å². The van der Waals surface area contributed by atoms with Crippen molar-refractivity contribution in [1.29, 1.82) is 5.26 Å². The third-order valence-electron chi connectivity index (χ3n) is 5.59. The van der Waals surface area contributed by atoms with Crippen LogP contribution in [0.5, 0.6) is 0 Å². The number of nitrogens with zero attached hydrogens (tertiary/aromatic N) is 2. The number of alkyl halides is 3. The Balaban J connectivity index is 1.64. The SMILES string of the molecule is Cc1ccc(C2=NOC(c3cc(Cl)cc(Cl)c3)(C(F)(F)F)C2)cc1NC(=O)c1cccc(C#N)c1. The third-order valence-corrected chi connectivity index (χ3v) is 6.02. The molecular formula is C25H16Cl2F3N3O2. The van der Waals surface area contributed by atoms with Gasteiger partial charge in [-0.15, -0.1) is 0 Å². The first-order valence-electron chi connectivity index (χ1n) is 10.2. The molecule has 35 heavy (non-hydrogen) atoms.